The standard InChI is InChI=1S/C19H26N4O/c1-14-3-6-17(24-14)13-23-11-8-16(9-12-23)22(2)18-7-10-20-19(21-18)15-4-5-15/h3,6-7,10,15-16H,4-5,8-9,11-13H2,1-2H3. The lowest BCUT2D eigenvalue weighted by molar-refractivity contribution is 0.189. The maximum Gasteiger partial charge on any atom is 0.133 e. The number of hydrogen-bond donors (Lipinski definition) is 0. The molecule has 2 aliphatic rings. The summed E-state index contributed by atoms with van der Waals surface area (Å²) in [5.74, 6) is 4.79. The second kappa shape index (κ2) is 6.55. The molecule has 5 nitrogen and oxygen atoms in total. The zero-order chi connectivity index (χ0) is 16.5. The second-order valence-electron chi connectivity index (χ2n) is 7.18. The lowest BCUT2D eigenvalue weighted by Crippen LogP contribution is -2.43. The molecule has 2 aromatic rings. The van der Waals surface area contributed by atoms with Crippen molar-refractivity contribution in [2.45, 2.75) is 51.1 Å². The van der Waals surface area contributed by atoms with E-state index >= 15 is 0 Å². The summed E-state index contributed by atoms with van der Waals surface area (Å²) < 4.78 is 5.70. The van der Waals surface area contributed by atoms with Gasteiger partial charge in [-0.3, -0.25) is 4.90 Å². The number of aryl methyl sites for hydroxylation is 1. The smallest absolute Gasteiger partial charge is 0.133 e. The van der Waals surface area contributed by atoms with Crippen LogP contribution in [-0.4, -0.2) is 41.0 Å². The van der Waals surface area contributed by atoms with Gasteiger partial charge in [0.25, 0.3) is 0 Å². The Balaban J connectivity index is 1.34. The number of likely N-dealkylation sites (tertiary alicyclic amines) is 1. The van der Waals surface area contributed by atoms with E-state index in [0.29, 0.717) is 12.0 Å². The third kappa shape index (κ3) is 3.46. The van der Waals surface area contributed by atoms with Gasteiger partial charge in [0.05, 0.1) is 6.54 Å². The average Bonchev–Trinajstić information content (AvgIpc) is 3.38. The third-order valence-corrected chi connectivity index (χ3v) is 5.24. The van der Waals surface area contributed by atoms with Crippen LogP contribution in [0, 0.1) is 6.92 Å². The van der Waals surface area contributed by atoms with Gasteiger partial charge in [-0.15, -0.1) is 0 Å². The topological polar surface area (TPSA) is 45.4 Å². The van der Waals surface area contributed by atoms with E-state index in [9.17, 15) is 0 Å². The lowest BCUT2D eigenvalue weighted by atomic mass is 10.0. The minimum Gasteiger partial charge on any atom is -0.465 e. The normalized spacial score (nSPS) is 19.6. The average molecular weight is 326 g/mol. The molecule has 0 radical (unpaired) electrons. The summed E-state index contributed by atoms with van der Waals surface area (Å²) in [6, 6.07) is 6.74. The summed E-state index contributed by atoms with van der Waals surface area (Å²) in [6.45, 7) is 5.14. The molecule has 1 saturated carbocycles. The summed E-state index contributed by atoms with van der Waals surface area (Å²) in [5.41, 5.74) is 0. The molecule has 128 valence electrons. The number of aromatic nitrogens is 2. The van der Waals surface area contributed by atoms with Gasteiger partial charge in [-0.1, -0.05) is 0 Å². The number of nitrogens with zero attached hydrogens (tertiary/aromatic N) is 4. The van der Waals surface area contributed by atoms with Crippen molar-refractivity contribution in [2.24, 2.45) is 0 Å². The minimum atomic E-state index is 0.557. The zero-order valence-electron chi connectivity index (χ0n) is 14.6. The van der Waals surface area contributed by atoms with Crippen LogP contribution in [-0.2, 0) is 6.54 Å². The molecule has 2 aromatic heterocycles. The van der Waals surface area contributed by atoms with Crippen molar-refractivity contribution in [3.63, 3.8) is 0 Å². The maximum atomic E-state index is 5.70. The summed E-state index contributed by atoms with van der Waals surface area (Å²) in [5, 5.41) is 0. The van der Waals surface area contributed by atoms with Crippen LogP contribution < -0.4 is 4.90 Å². The molecule has 0 atom stereocenters. The molecule has 4 rings (SSSR count). The fourth-order valence-corrected chi connectivity index (χ4v) is 3.54. The molecule has 24 heavy (non-hydrogen) atoms. The summed E-state index contributed by atoms with van der Waals surface area (Å²) >= 11 is 0. The van der Waals surface area contributed by atoms with Crippen molar-refractivity contribution in [1.29, 1.82) is 0 Å². The number of rotatable bonds is 5. The second-order valence-corrected chi connectivity index (χ2v) is 7.18. The van der Waals surface area contributed by atoms with Crippen LogP contribution in [0.2, 0.25) is 0 Å². The van der Waals surface area contributed by atoms with Crippen LogP contribution >= 0.6 is 0 Å². The van der Waals surface area contributed by atoms with Crippen LogP contribution in [0.4, 0.5) is 5.82 Å². The third-order valence-electron chi connectivity index (χ3n) is 5.24. The van der Waals surface area contributed by atoms with Crippen LogP contribution in [0.25, 0.3) is 0 Å². The maximum absolute atomic E-state index is 5.70. The van der Waals surface area contributed by atoms with Crippen molar-refractivity contribution in [1.82, 2.24) is 14.9 Å². The molecular weight excluding hydrogens is 300 g/mol. The van der Waals surface area contributed by atoms with Gasteiger partial charge in [-0.25, -0.2) is 9.97 Å². The van der Waals surface area contributed by atoms with Crippen LogP contribution in [0.1, 0.15) is 48.9 Å². The first-order valence-electron chi connectivity index (χ1n) is 9.02. The highest BCUT2D eigenvalue weighted by Gasteiger charge is 2.28. The molecule has 1 aliphatic heterocycles. The molecular formula is C19H26N4O. The molecule has 3 heterocycles. The summed E-state index contributed by atoms with van der Waals surface area (Å²) in [7, 11) is 2.18. The van der Waals surface area contributed by atoms with Gasteiger partial charge in [-0.2, -0.15) is 0 Å². The number of anilines is 1. The fraction of sp³-hybridized carbons (Fsp3) is 0.579. The Kier molecular flexibility index (Phi) is 4.27. The molecule has 1 aliphatic carbocycles. The first kappa shape index (κ1) is 15.6. The first-order valence-corrected chi connectivity index (χ1v) is 9.02. The van der Waals surface area contributed by atoms with Gasteiger partial charge < -0.3 is 9.32 Å². The fourth-order valence-electron chi connectivity index (χ4n) is 3.54. The van der Waals surface area contributed by atoms with E-state index < -0.39 is 0 Å². The van der Waals surface area contributed by atoms with Gasteiger partial charge in [0.15, 0.2) is 0 Å². The highest BCUT2D eigenvalue weighted by molar-refractivity contribution is 5.38. The van der Waals surface area contributed by atoms with Crippen molar-refractivity contribution in [2.75, 3.05) is 25.0 Å². The highest BCUT2D eigenvalue weighted by atomic mass is 16.3. The molecule has 0 bridgehead atoms. The van der Waals surface area contributed by atoms with Crippen LogP contribution in [0.3, 0.4) is 0 Å². The Morgan fingerprint density at radius 1 is 1.17 bits per heavy atom. The number of piperidine rings is 1. The van der Waals surface area contributed by atoms with Crippen molar-refractivity contribution >= 4 is 5.82 Å². The van der Waals surface area contributed by atoms with Crippen molar-refractivity contribution < 1.29 is 4.42 Å². The Hall–Kier alpha value is -1.88. The van der Waals surface area contributed by atoms with Gasteiger partial charge >= 0.3 is 0 Å². The Labute approximate surface area is 143 Å². The molecule has 0 amide bonds. The first-order chi connectivity index (χ1) is 11.7. The Morgan fingerprint density at radius 3 is 2.62 bits per heavy atom. The SMILES string of the molecule is Cc1ccc(CN2CCC(N(C)c3ccnc(C4CC4)n3)CC2)o1. The van der Waals surface area contributed by atoms with Gasteiger partial charge in [-0.05, 0) is 50.8 Å². The van der Waals surface area contributed by atoms with E-state index in [4.69, 9.17) is 9.40 Å². The number of hydrogen-bond acceptors (Lipinski definition) is 5. The summed E-state index contributed by atoms with van der Waals surface area (Å²) in [4.78, 5) is 14.1. The van der Waals surface area contributed by atoms with Crippen LogP contribution in [0.15, 0.2) is 28.8 Å². The predicted molar refractivity (Wildman–Crippen MR) is 94.2 cm³/mol. The van der Waals surface area contributed by atoms with E-state index in [1.54, 1.807) is 0 Å². The van der Waals surface area contributed by atoms with E-state index in [-0.39, 0.29) is 0 Å². The zero-order valence-corrected chi connectivity index (χ0v) is 14.6. The van der Waals surface area contributed by atoms with Gasteiger partial charge in [0.1, 0.15) is 23.2 Å². The monoisotopic (exact) mass is 326 g/mol. The Bertz CT molecular complexity index is 686. The van der Waals surface area contributed by atoms with E-state index in [0.717, 1.165) is 42.8 Å². The quantitative estimate of drug-likeness (QED) is 0.843. The van der Waals surface area contributed by atoms with E-state index in [2.05, 4.69) is 27.9 Å². The predicted octanol–water partition coefficient (Wildman–Crippen LogP) is 3.36. The molecule has 0 N–H and O–H groups in total. The van der Waals surface area contributed by atoms with Gasteiger partial charge in [0.2, 0.25) is 0 Å². The molecule has 5 heteroatoms. The van der Waals surface area contributed by atoms with E-state index in [1.807, 2.05) is 25.3 Å². The van der Waals surface area contributed by atoms with E-state index in [1.165, 1.54) is 25.7 Å². The molecule has 0 spiro atoms. The number of furan rings is 1. The molecule has 0 unspecified atom stereocenters. The largest absolute Gasteiger partial charge is 0.465 e. The molecule has 0 aromatic carbocycles. The van der Waals surface area contributed by atoms with Crippen LogP contribution in [0.5, 0.6) is 0 Å². The lowest BCUT2D eigenvalue weighted by Gasteiger charge is -2.37. The minimum absolute atomic E-state index is 0.557. The molecule has 2 fully saturated rings. The highest BCUT2D eigenvalue weighted by Crippen LogP contribution is 2.38. The Morgan fingerprint density at radius 2 is 1.96 bits per heavy atom. The van der Waals surface area contributed by atoms with Gasteiger partial charge in [0, 0.05) is 38.3 Å². The summed E-state index contributed by atoms with van der Waals surface area (Å²) in [6.07, 6.45) is 6.74. The van der Waals surface area contributed by atoms with Crippen molar-refractivity contribution in [3.8, 4) is 0 Å². The van der Waals surface area contributed by atoms with Crippen molar-refractivity contribution in [3.05, 3.63) is 41.7 Å². The molecule has 1 saturated heterocycles.